The quantitative estimate of drug-likeness (QED) is 0.420. The molecule has 1 aromatic heterocycles. The van der Waals surface area contributed by atoms with Crippen molar-refractivity contribution in [2.24, 2.45) is 0 Å². The third kappa shape index (κ3) is 6.54. The Bertz CT molecular complexity index is 600. The van der Waals surface area contributed by atoms with Gasteiger partial charge in [-0.15, -0.1) is 6.07 Å². The van der Waals surface area contributed by atoms with Gasteiger partial charge in [0.25, 0.3) is 0 Å². The zero-order valence-corrected chi connectivity index (χ0v) is 14.8. The summed E-state index contributed by atoms with van der Waals surface area (Å²) >= 11 is 0. The number of aromatic nitrogens is 2. The number of hydrogen-bond acceptors (Lipinski definition) is 3. The molecule has 0 atom stereocenters. The molecule has 0 spiro atoms. The number of rotatable bonds is 2. The summed E-state index contributed by atoms with van der Waals surface area (Å²) in [5, 5.41) is 12.6. The Labute approximate surface area is 139 Å². The SMILES string of the molecule is CC(=O)/C=C(/C)O.Cc1cnn(-c2[c-]cccc2)c1C.[Pt]. The summed E-state index contributed by atoms with van der Waals surface area (Å²) in [4.78, 5) is 10.0. The molecule has 0 fully saturated rings. The summed E-state index contributed by atoms with van der Waals surface area (Å²) in [6, 6.07) is 11.0. The maximum atomic E-state index is 10.0. The molecule has 1 N–H and O–H groups in total. The van der Waals surface area contributed by atoms with Gasteiger partial charge in [0.15, 0.2) is 5.78 Å². The van der Waals surface area contributed by atoms with Crippen molar-refractivity contribution in [2.75, 3.05) is 0 Å². The summed E-state index contributed by atoms with van der Waals surface area (Å²) in [6.45, 7) is 6.96. The molecule has 2 rings (SSSR count). The van der Waals surface area contributed by atoms with Crippen LogP contribution in [0.25, 0.3) is 5.69 Å². The number of carbonyl (C=O) groups is 1. The Morgan fingerprint density at radius 3 is 2.33 bits per heavy atom. The summed E-state index contributed by atoms with van der Waals surface area (Å²) in [6.07, 6.45) is 3.04. The van der Waals surface area contributed by atoms with Crippen LogP contribution in [0.5, 0.6) is 0 Å². The van der Waals surface area contributed by atoms with Gasteiger partial charge in [0.05, 0.1) is 12.0 Å². The van der Waals surface area contributed by atoms with Crippen LogP contribution < -0.4 is 0 Å². The van der Waals surface area contributed by atoms with Gasteiger partial charge in [-0.2, -0.15) is 29.4 Å². The first-order chi connectivity index (χ1) is 9.41. The molecule has 4 nitrogen and oxygen atoms in total. The van der Waals surface area contributed by atoms with Crippen molar-refractivity contribution in [1.29, 1.82) is 0 Å². The van der Waals surface area contributed by atoms with Crippen LogP contribution in [0.1, 0.15) is 25.1 Å². The molecule has 1 heterocycles. The summed E-state index contributed by atoms with van der Waals surface area (Å²) in [5.74, 6) is -0.0625. The van der Waals surface area contributed by atoms with Crippen LogP contribution in [0.15, 0.2) is 42.3 Å². The van der Waals surface area contributed by atoms with Crippen LogP contribution in [0.4, 0.5) is 0 Å². The van der Waals surface area contributed by atoms with Gasteiger partial charge in [-0.3, -0.25) is 9.48 Å². The molecule has 0 aliphatic rings. The fourth-order valence-electron chi connectivity index (χ4n) is 1.54. The van der Waals surface area contributed by atoms with Crippen LogP contribution in [0, 0.1) is 19.9 Å². The minimum Gasteiger partial charge on any atom is -0.512 e. The predicted octanol–water partition coefficient (Wildman–Crippen LogP) is 3.32. The number of para-hydroxylation sites is 1. The molecule has 0 aliphatic carbocycles. The first-order valence-corrected chi connectivity index (χ1v) is 6.28. The third-order valence-electron chi connectivity index (χ3n) is 2.59. The number of allylic oxidation sites excluding steroid dienone is 2. The molecule has 21 heavy (non-hydrogen) atoms. The fraction of sp³-hybridized carbons (Fsp3) is 0.250. The van der Waals surface area contributed by atoms with Gasteiger partial charge in [0.2, 0.25) is 0 Å². The van der Waals surface area contributed by atoms with Gasteiger partial charge in [-0.1, -0.05) is 0 Å². The van der Waals surface area contributed by atoms with Gasteiger partial charge >= 0.3 is 0 Å². The van der Waals surface area contributed by atoms with Crippen molar-refractivity contribution in [3.05, 3.63) is 59.6 Å². The fourth-order valence-corrected chi connectivity index (χ4v) is 1.54. The Hall–Kier alpha value is -1.67. The van der Waals surface area contributed by atoms with E-state index in [9.17, 15) is 4.79 Å². The normalized spacial score (nSPS) is 10.2. The van der Waals surface area contributed by atoms with Crippen LogP contribution in [-0.4, -0.2) is 20.7 Å². The smallest absolute Gasteiger partial charge is 0.155 e. The number of hydrogen-bond donors (Lipinski definition) is 1. The number of benzene rings is 1. The molecule has 0 aliphatic heterocycles. The number of nitrogens with zero attached hydrogens (tertiary/aromatic N) is 2. The molecule has 5 heteroatoms. The molecule has 2 aromatic rings. The van der Waals surface area contributed by atoms with Crippen molar-refractivity contribution in [3.8, 4) is 5.69 Å². The maximum absolute atomic E-state index is 10.0. The van der Waals surface area contributed by atoms with E-state index in [1.54, 1.807) is 0 Å². The molecular formula is C16H19N2O2Pt-. The van der Waals surface area contributed by atoms with Gasteiger partial charge in [0, 0.05) is 32.8 Å². The standard InChI is InChI=1S/C11H11N2.C5H8O2.Pt/c1-9-8-12-13(10(9)2)11-6-4-3-5-7-11;1-4(6)3-5(2)7;/h3-6,8H,1-2H3;3,6H,1-2H3;/q-1;;/b;4-3-;. The maximum Gasteiger partial charge on any atom is 0.155 e. The van der Waals surface area contributed by atoms with Crippen molar-refractivity contribution in [3.63, 3.8) is 0 Å². The summed E-state index contributed by atoms with van der Waals surface area (Å²) in [5.41, 5.74) is 3.37. The second-order valence-electron chi connectivity index (χ2n) is 4.47. The monoisotopic (exact) mass is 466 g/mol. The second kappa shape index (κ2) is 9.30. The molecule has 0 bridgehead atoms. The first-order valence-electron chi connectivity index (χ1n) is 6.28. The van der Waals surface area contributed by atoms with Crippen molar-refractivity contribution in [2.45, 2.75) is 27.7 Å². The average Bonchev–Trinajstić information content (AvgIpc) is 2.70. The van der Waals surface area contributed by atoms with Crippen molar-refractivity contribution < 1.29 is 31.0 Å². The molecular weight excluding hydrogens is 447 g/mol. The molecule has 0 unspecified atom stereocenters. The number of carbonyl (C=O) groups excluding carboxylic acids is 1. The second-order valence-corrected chi connectivity index (χ2v) is 4.47. The molecule has 116 valence electrons. The van der Waals surface area contributed by atoms with E-state index in [0.29, 0.717) is 0 Å². The molecule has 0 saturated heterocycles. The van der Waals surface area contributed by atoms with E-state index in [1.807, 2.05) is 35.1 Å². The van der Waals surface area contributed by atoms with E-state index < -0.39 is 0 Å². The van der Waals surface area contributed by atoms with Gasteiger partial charge in [-0.25, -0.2) is 0 Å². The van der Waals surface area contributed by atoms with E-state index >= 15 is 0 Å². The molecule has 1 aromatic carbocycles. The Balaban J connectivity index is 0.000000436. The van der Waals surface area contributed by atoms with Crippen LogP contribution >= 0.6 is 0 Å². The minimum atomic E-state index is -0.125. The predicted molar refractivity (Wildman–Crippen MR) is 78.9 cm³/mol. The number of ketones is 1. The summed E-state index contributed by atoms with van der Waals surface area (Å²) in [7, 11) is 0. The zero-order valence-electron chi connectivity index (χ0n) is 12.5. The van der Waals surface area contributed by atoms with E-state index in [1.165, 1.54) is 31.2 Å². The van der Waals surface area contributed by atoms with Gasteiger partial charge in [-0.05, 0) is 38.9 Å². The Kier molecular flexibility index (Phi) is 8.56. The number of aryl methyl sites for hydroxylation is 1. The molecule has 0 radical (unpaired) electrons. The average molecular weight is 466 g/mol. The van der Waals surface area contributed by atoms with Crippen LogP contribution in [0.3, 0.4) is 0 Å². The largest absolute Gasteiger partial charge is 0.512 e. The Morgan fingerprint density at radius 1 is 1.33 bits per heavy atom. The van der Waals surface area contributed by atoms with Crippen LogP contribution in [0.2, 0.25) is 0 Å². The van der Waals surface area contributed by atoms with E-state index in [-0.39, 0.29) is 32.6 Å². The minimum absolute atomic E-state index is 0. The number of aliphatic hydroxyl groups is 1. The van der Waals surface area contributed by atoms with Crippen LogP contribution in [-0.2, 0) is 25.9 Å². The zero-order chi connectivity index (χ0) is 15.1. The van der Waals surface area contributed by atoms with Gasteiger partial charge in [0.1, 0.15) is 0 Å². The van der Waals surface area contributed by atoms with E-state index in [2.05, 4.69) is 25.0 Å². The molecule has 0 amide bonds. The Morgan fingerprint density at radius 2 is 2.00 bits per heavy atom. The first kappa shape index (κ1) is 19.3. The van der Waals surface area contributed by atoms with Crippen molar-refractivity contribution >= 4 is 5.78 Å². The topological polar surface area (TPSA) is 55.1 Å². The van der Waals surface area contributed by atoms with Gasteiger partial charge < -0.3 is 5.11 Å². The van der Waals surface area contributed by atoms with Crippen molar-refractivity contribution in [1.82, 2.24) is 9.78 Å². The van der Waals surface area contributed by atoms with E-state index in [4.69, 9.17) is 5.11 Å². The molecule has 0 saturated carbocycles. The van der Waals surface area contributed by atoms with E-state index in [0.717, 1.165) is 5.69 Å². The summed E-state index contributed by atoms with van der Waals surface area (Å²) < 4.78 is 1.90. The number of aliphatic hydroxyl groups excluding tert-OH is 1. The third-order valence-corrected chi connectivity index (χ3v) is 2.59.